The minimum absolute atomic E-state index is 0.219. The summed E-state index contributed by atoms with van der Waals surface area (Å²) in [6.07, 6.45) is 2.70. The largest absolute Gasteiger partial charge is 0.396 e. The lowest BCUT2D eigenvalue weighted by atomic mass is 10.1. The first-order valence-corrected chi connectivity index (χ1v) is 10.5. The number of aromatic nitrogens is 1. The average molecular weight is 449 g/mol. The van der Waals surface area contributed by atoms with Crippen molar-refractivity contribution in [1.82, 2.24) is 9.29 Å². The summed E-state index contributed by atoms with van der Waals surface area (Å²) < 4.78 is 83.0. The van der Waals surface area contributed by atoms with E-state index in [-0.39, 0.29) is 12.5 Å². The van der Waals surface area contributed by atoms with Gasteiger partial charge in [-0.1, -0.05) is 6.42 Å². The number of carbonyl (C=O) groups excluding carboxylic acids is 1. The van der Waals surface area contributed by atoms with Gasteiger partial charge in [0.05, 0.1) is 0 Å². The molecular weight excluding hydrogens is 430 g/mol. The molecule has 1 aromatic heterocycles. The third-order valence-electron chi connectivity index (χ3n) is 5.03. The second-order valence-corrected chi connectivity index (χ2v) is 8.76. The minimum atomic E-state index is -4.35. The molecule has 0 spiro atoms. The van der Waals surface area contributed by atoms with Gasteiger partial charge in [-0.2, -0.15) is 0 Å². The van der Waals surface area contributed by atoms with Gasteiger partial charge in [0, 0.05) is 43.7 Å². The molecule has 0 aliphatic heterocycles. The number of halogens is 4. The zero-order chi connectivity index (χ0) is 22.2. The van der Waals surface area contributed by atoms with Crippen LogP contribution in [-0.2, 0) is 17.1 Å². The molecule has 1 fully saturated rings. The van der Waals surface area contributed by atoms with Crippen molar-refractivity contribution in [2.45, 2.75) is 30.2 Å². The molecule has 1 amide bonds. The van der Waals surface area contributed by atoms with Crippen LogP contribution in [0.4, 0.5) is 23.2 Å². The van der Waals surface area contributed by atoms with Crippen molar-refractivity contribution in [1.29, 1.82) is 0 Å². The van der Waals surface area contributed by atoms with E-state index in [9.17, 15) is 35.9 Å². The van der Waals surface area contributed by atoms with Gasteiger partial charge in [-0.05, 0) is 18.8 Å². The van der Waals surface area contributed by atoms with E-state index in [1.807, 2.05) is 5.32 Å². The van der Waals surface area contributed by atoms with E-state index in [0.29, 0.717) is 31.4 Å². The van der Waals surface area contributed by atoms with Crippen LogP contribution in [0.3, 0.4) is 0 Å². The number of benzene rings is 1. The van der Waals surface area contributed by atoms with Gasteiger partial charge in [0.25, 0.3) is 5.91 Å². The molecule has 12 heteroatoms. The van der Waals surface area contributed by atoms with Crippen LogP contribution in [0.2, 0.25) is 0 Å². The van der Waals surface area contributed by atoms with Gasteiger partial charge >= 0.3 is 0 Å². The molecule has 7 nitrogen and oxygen atoms in total. The molecule has 2 aromatic rings. The number of amides is 1. The molecule has 0 radical (unpaired) electrons. The summed E-state index contributed by atoms with van der Waals surface area (Å²) in [6.45, 7) is -0.219. The van der Waals surface area contributed by atoms with Crippen LogP contribution in [-0.4, -0.2) is 36.6 Å². The van der Waals surface area contributed by atoms with Gasteiger partial charge in [-0.15, -0.1) is 0 Å². The summed E-state index contributed by atoms with van der Waals surface area (Å²) in [7, 11) is -3.13. The Labute approximate surface area is 169 Å². The highest BCUT2D eigenvalue weighted by Gasteiger charge is 2.34. The first kappa shape index (κ1) is 22.2. The molecule has 1 aliphatic rings. The Kier molecular flexibility index (Phi) is 6.20. The number of nitrogens with one attached hydrogen (secondary N) is 2. The molecule has 164 valence electrons. The van der Waals surface area contributed by atoms with Gasteiger partial charge in [-0.3, -0.25) is 4.79 Å². The maximum atomic E-state index is 14.9. The summed E-state index contributed by atoms with van der Waals surface area (Å²) in [5.41, 5.74) is -1.18. The fourth-order valence-electron chi connectivity index (χ4n) is 3.51. The topological polar surface area (TPSA) is 100 Å². The Bertz CT molecular complexity index is 1060. The SMILES string of the molecule is Cn1cc(S(=O)(=O)N[C@@H]2CCC[C@@H]2CO)c(F)c1C(=O)Nc1cc(F)c(F)c(F)c1. The maximum Gasteiger partial charge on any atom is 0.275 e. The molecule has 0 unspecified atom stereocenters. The Hall–Kier alpha value is -2.44. The predicted octanol–water partition coefficient (Wildman–Crippen LogP) is 2.27. The van der Waals surface area contributed by atoms with Crippen molar-refractivity contribution in [2.75, 3.05) is 11.9 Å². The summed E-state index contributed by atoms with van der Waals surface area (Å²) in [5.74, 6) is -7.68. The third kappa shape index (κ3) is 4.20. The summed E-state index contributed by atoms with van der Waals surface area (Å²) in [5, 5.41) is 11.3. The van der Waals surface area contributed by atoms with Gasteiger partial charge in [0.2, 0.25) is 10.0 Å². The van der Waals surface area contributed by atoms with Crippen molar-refractivity contribution >= 4 is 21.6 Å². The molecule has 2 atom stereocenters. The number of rotatable bonds is 6. The number of anilines is 1. The van der Waals surface area contributed by atoms with Crippen LogP contribution >= 0.6 is 0 Å². The van der Waals surface area contributed by atoms with Crippen molar-refractivity contribution in [3.63, 3.8) is 0 Å². The summed E-state index contributed by atoms with van der Waals surface area (Å²) >= 11 is 0. The highest BCUT2D eigenvalue weighted by molar-refractivity contribution is 7.89. The average Bonchev–Trinajstić information content (AvgIpc) is 3.22. The van der Waals surface area contributed by atoms with Gasteiger partial charge in [-0.25, -0.2) is 30.7 Å². The number of carbonyl (C=O) groups is 1. The maximum absolute atomic E-state index is 14.9. The highest BCUT2D eigenvalue weighted by Crippen LogP contribution is 2.28. The Morgan fingerprint density at radius 3 is 2.40 bits per heavy atom. The number of hydrogen-bond acceptors (Lipinski definition) is 4. The summed E-state index contributed by atoms with van der Waals surface area (Å²) in [6, 6.07) is 0.443. The number of sulfonamides is 1. The lowest BCUT2D eigenvalue weighted by Gasteiger charge is -2.18. The first-order chi connectivity index (χ1) is 14.0. The molecule has 3 N–H and O–H groups in total. The predicted molar refractivity (Wildman–Crippen MR) is 98.2 cm³/mol. The van der Waals surface area contributed by atoms with Crippen molar-refractivity contribution in [2.24, 2.45) is 13.0 Å². The monoisotopic (exact) mass is 449 g/mol. The van der Waals surface area contributed by atoms with Crippen molar-refractivity contribution < 1.29 is 35.9 Å². The molecule has 30 heavy (non-hydrogen) atoms. The van der Waals surface area contributed by atoms with E-state index in [0.717, 1.165) is 10.8 Å². The molecule has 1 heterocycles. The Balaban J connectivity index is 1.87. The standard InChI is InChI=1S/C18H19F4N3O4S/c1-25-7-14(30(28,29)24-13-4-2-3-9(13)8-26)16(22)17(25)18(27)23-10-5-11(19)15(21)12(20)6-10/h5-7,9,13,24,26H,2-4,8H2,1H3,(H,23,27)/t9-,13-/m1/s1. The first-order valence-electron chi connectivity index (χ1n) is 8.99. The molecule has 0 saturated heterocycles. The fourth-order valence-corrected chi connectivity index (χ4v) is 4.97. The van der Waals surface area contributed by atoms with Crippen LogP contribution in [0.15, 0.2) is 23.2 Å². The minimum Gasteiger partial charge on any atom is -0.396 e. The van der Waals surface area contributed by atoms with E-state index >= 15 is 0 Å². The summed E-state index contributed by atoms with van der Waals surface area (Å²) in [4.78, 5) is 11.6. The van der Waals surface area contributed by atoms with Crippen LogP contribution in [0.25, 0.3) is 0 Å². The second-order valence-electron chi connectivity index (χ2n) is 7.08. The van der Waals surface area contributed by atoms with E-state index in [1.54, 1.807) is 0 Å². The molecule has 0 bridgehead atoms. The van der Waals surface area contributed by atoms with E-state index in [1.165, 1.54) is 7.05 Å². The molecule has 3 rings (SSSR count). The fraction of sp³-hybridized carbons (Fsp3) is 0.389. The number of nitrogens with zero attached hydrogens (tertiary/aromatic N) is 1. The zero-order valence-electron chi connectivity index (χ0n) is 15.8. The molecule has 1 aliphatic carbocycles. The van der Waals surface area contributed by atoms with Crippen molar-refractivity contribution in [3.8, 4) is 0 Å². The number of aliphatic hydroxyl groups excluding tert-OH is 1. The third-order valence-corrected chi connectivity index (χ3v) is 6.51. The number of aliphatic hydroxyl groups is 1. The lowest BCUT2D eigenvalue weighted by Crippen LogP contribution is -2.38. The van der Waals surface area contributed by atoms with Gasteiger partial charge in [0.15, 0.2) is 23.3 Å². The van der Waals surface area contributed by atoms with Crippen LogP contribution in [0.5, 0.6) is 0 Å². The molecular formula is C18H19F4N3O4S. The van der Waals surface area contributed by atoms with Crippen molar-refractivity contribution in [3.05, 3.63) is 47.3 Å². The quantitative estimate of drug-likeness (QED) is 0.465. The number of hydrogen-bond donors (Lipinski definition) is 3. The van der Waals surface area contributed by atoms with Gasteiger partial charge < -0.3 is 15.0 Å². The normalized spacial score (nSPS) is 19.3. The van der Waals surface area contributed by atoms with Crippen LogP contribution in [0, 0.1) is 29.2 Å². The van der Waals surface area contributed by atoms with E-state index in [2.05, 4.69) is 4.72 Å². The smallest absolute Gasteiger partial charge is 0.275 e. The lowest BCUT2D eigenvalue weighted by molar-refractivity contribution is 0.101. The van der Waals surface area contributed by atoms with Gasteiger partial charge in [0.1, 0.15) is 10.6 Å². The van der Waals surface area contributed by atoms with Crippen LogP contribution < -0.4 is 10.0 Å². The molecule has 1 aromatic carbocycles. The van der Waals surface area contributed by atoms with Crippen LogP contribution in [0.1, 0.15) is 29.8 Å². The van der Waals surface area contributed by atoms with E-state index < -0.39 is 61.5 Å². The zero-order valence-corrected chi connectivity index (χ0v) is 16.6. The van der Waals surface area contributed by atoms with E-state index in [4.69, 9.17) is 0 Å². The number of aryl methyl sites for hydroxylation is 1. The Morgan fingerprint density at radius 2 is 1.80 bits per heavy atom. The highest BCUT2D eigenvalue weighted by atomic mass is 32.2. The molecule has 1 saturated carbocycles. The second kappa shape index (κ2) is 8.36. The Morgan fingerprint density at radius 1 is 1.17 bits per heavy atom.